The van der Waals surface area contributed by atoms with Crippen molar-refractivity contribution < 1.29 is 31.9 Å². The van der Waals surface area contributed by atoms with Crippen molar-refractivity contribution >= 4 is 17.6 Å². The van der Waals surface area contributed by atoms with Gasteiger partial charge in [0.2, 0.25) is 5.91 Å². The third kappa shape index (κ3) is 4.25. The molecule has 36 heavy (non-hydrogen) atoms. The van der Waals surface area contributed by atoms with Crippen molar-refractivity contribution in [1.82, 2.24) is 9.78 Å². The van der Waals surface area contributed by atoms with Crippen molar-refractivity contribution in [1.29, 1.82) is 0 Å². The Kier molecular flexibility index (Phi) is 5.84. The van der Waals surface area contributed by atoms with Crippen molar-refractivity contribution in [3.05, 3.63) is 71.3 Å². The second kappa shape index (κ2) is 8.76. The van der Waals surface area contributed by atoms with E-state index in [1.54, 1.807) is 18.3 Å². The van der Waals surface area contributed by atoms with Crippen molar-refractivity contribution in [2.75, 3.05) is 12.4 Å². The maximum atomic E-state index is 14.6. The highest BCUT2D eigenvalue weighted by atomic mass is 19.4. The monoisotopic (exact) mass is 501 g/mol. The molecule has 1 N–H and O–H groups in total. The van der Waals surface area contributed by atoms with E-state index in [-0.39, 0.29) is 16.8 Å². The lowest BCUT2D eigenvalue weighted by molar-refractivity contribution is -0.137. The lowest BCUT2D eigenvalue weighted by atomic mass is 9.92. The van der Waals surface area contributed by atoms with Crippen LogP contribution < -0.4 is 5.32 Å². The van der Waals surface area contributed by atoms with Crippen LogP contribution in [0.15, 0.2) is 48.8 Å². The van der Waals surface area contributed by atoms with Crippen molar-refractivity contribution in [3.63, 3.8) is 0 Å². The van der Waals surface area contributed by atoms with Gasteiger partial charge < -0.3 is 10.1 Å². The van der Waals surface area contributed by atoms with Gasteiger partial charge in [0, 0.05) is 23.0 Å². The molecule has 0 saturated heterocycles. The summed E-state index contributed by atoms with van der Waals surface area (Å²) in [6.07, 6.45) is 2.71. The van der Waals surface area contributed by atoms with E-state index in [1.165, 1.54) is 13.2 Å². The zero-order valence-electron chi connectivity index (χ0n) is 19.4. The number of benzene rings is 2. The number of rotatable bonds is 6. The van der Waals surface area contributed by atoms with Crippen LogP contribution in [0.5, 0.6) is 0 Å². The molecule has 0 spiro atoms. The highest BCUT2D eigenvalue weighted by Gasteiger charge is 2.53. The molecule has 0 radical (unpaired) electrons. The standard InChI is InChI=1S/C26H23F4N3O3/c1-36-23(34)20-12-17(6-7-19(20)15-13-31-33(14-15)18-3-2-4-18)32-24(35)25(9-10-25)21-8-5-16(11-22(21)27)26(28,29)30/h5-8,11-14,18H,2-4,9-10H2,1H3,(H,32,35). The van der Waals surface area contributed by atoms with Crippen LogP contribution >= 0.6 is 0 Å². The first-order valence-electron chi connectivity index (χ1n) is 11.6. The topological polar surface area (TPSA) is 73.2 Å². The van der Waals surface area contributed by atoms with Crippen LogP contribution in [0.1, 0.15) is 59.6 Å². The molecule has 2 aromatic carbocycles. The van der Waals surface area contributed by atoms with E-state index in [0.717, 1.165) is 37.0 Å². The molecule has 2 aliphatic rings. The highest BCUT2D eigenvalue weighted by molar-refractivity contribution is 6.04. The predicted octanol–water partition coefficient (Wildman–Crippen LogP) is 5.89. The Morgan fingerprint density at radius 1 is 1.14 bits per heavy atom. The number of alkyl halides is 3. The number of amides is 1. The molecule has 2 fully saturated rings. The molecule has 2 saturated carbocycles. The number of carbonyl (C=O) groups excluding carboxylic acids is 2. The van der Waals surface area contributed by atoms with Gasteiger partial charge in [-0.2, -0.15) is 18.3 Å². The number of halogens is 4. The molecule has 0 atom stereocenters. The van der Waals surface area contributed by atoms with Crippen LogP contribution in [0, 0.1) is 5.82 Å². The molecule has 5 rings (SSSR count). The summed E-state index contributed by atoms with van der Waals surface area (Å²) in [5.41, 5.74) is -0.642. The number of nitrogens with zero attached hydrogens (tertiary/aromatic N) is 2. The summed E-state index contributed by atoms with van der Waals surface area (Å²) < 4.78 is 60.2. The summed E-state index contributed by atoms with van der Waals surface area (Å²) >= 11 is 0. The lowest BCUT2D eigenvalue weighted by Gasteiger charge is -2.25. The normalized spacial score (nSPS) is 16.8. The number of aromatic nitrogens is 2. The Balaban J connectivity index is 1.41. The quantitative estimate of drug-likeness (QED) is 0.338. The Morgan fingerprint density at radius 2 is 1.89 bits per heavy atom. The molecule has 0 aliphatic heterocycles. The van der Waals surface area contributed by atoms with Crippen molar-refractivity contribution in [2.45, 2.75) is 49.7 Å². The third-order valence-electron chi connectivity index (χ3n) is 7.04. The van der Waals surface area contributed by atoms with Gasteiger partial charge in [-0.15, -0.1) is 0 Å². The minimum atomic E-state index is -4.68. The van der Waals surface area contributed by atoms with E-state index in [9.17, 15) is 27.2 Å². The molecule has 188 valence electrons. The van der Waals surface area contributed by atoms with Crippen LogP contribution in [-0.2, 0) is 21.1 Å². The maximum absolute atomic E-state index is 14.6. The average molecular weight is 501 g/mol. The minimum Gasteiger partial charge on any atom is -0.465 e. The first kappa shape index (κ1) is 24.0. The van der Waals surface area contributed by atoms with Crippen LogP contribution in [0.3, 0.4) is 0 Å². The lowest BCUT2D eigenvalue weighted by Crippen LogP contribution is -2.29. The molecular formula is C26H23F4N3O3. The number of esters is 1. The molecule has 0 unspecified atom stereocenters. The molecule has 1 amide bonds. The smallest absolute Gasteiger partial charge is 0.416 e. The second-order valence-electron chi connectivity index (χ2n) is 9.27. The summed E-state index contributed by atoms with van der Waals surface area (Å²) in [7, 11) is 1.25. The largest absolute Gasteiger partial charge is 0.465 e. The van der Waals surface area contributed by atoms with Crippen molar-refractivity contribution in [2.24, 2.45) is 0 Å². The van der Waals surface area contributed by atoms with Gasteiger partial charge >= 0.3 is 12.1 Å². The van der Waals surface area contributed by atoms with Crippen molar-refractivity contribution in [3.8, 4) is 11.1 Å². The van der Waals surface area contributed by atoms with Gasteiger partial charge in [0.15, 0.2) is 0 Å². The van der Waals surface area contributed by atoms with Gasteiger partial charge in [0.1, 0.15) is 5.82 Å². The zero-order chi connectivity index (χ0) is 25.7. The summed E-state index contributed by atoms with van der Waals surface area (Å²) in [6, 6.07) is 7.31. The van der Waals surface area contributed by atoms with Gasteiger partial charge in [-0.25, -0.2) is 9.18 Å². The van der Waals surface area contributed by atoms with E-state index in [0.29, 0.717) is 30.5 Å². The molecule has 3 aromatic rings. The van der Waals surface area contributed by atoms with Gasteiger partial charge in [-0.1, -0.05) is 12.1 Å². The second-order valence-corrected chi connectivity index (χ2v) is 9.27. The number of ether oxygens (including phenoxy) is 1. The SMILES string of the molecule is COC(=O)c1cc(NC(=O)C2(c3ccc(C(F)(F)F)cc3F)CC2)ccc1-c1cnn(C2CCC2)c1. The molecule has 2 aliphatic carbocycles. The summed E-state index contributed by atoms with van der Waals surface area (Å²) in [6.45, 7) is 0. The molecular weight excluding hydrogens is 478 g/mol. The number of hydrogen-bond acceptors (Lipinski definition) is 4. The van der Waals surface area contributed by atoms with Crippen LogP contribution in [0.4, 0.5) is 23.2 Å². The number of hydrogen-bond donors (Lipinski definition) is 1. The Bertz CT molecular complexity index is 1340. The fourth-order valence-electron chi connectivity index (χ4n) is 4.55. The number of nitrogens with one attached hydrogen (secondary N) is 1. The van der Waals surface area contributed by atoms with Crippen LogP contribution in [0.25, 0.3) is 11.1 Å². The van der Waals surface area contributed by atoms with Gasteiger partial charge in [0.05, 0.1) is 35.9 Å². The van der Waals surface area contributed by atoms with E-state index >= 15 is 0 Å². The fraction of sp³-hybridized carbons (Fsp3) is 0.346. The molecule has 1 aromatic heterocycles. The molecule has 0 bridgehead atoms. The Hall–Kier alpha value is -3.69. The van der Waals surface area contributed by atoms with Gasteiger partial charge in [-0.3, -0.25) is 9.48 Å². The predicted molar refractivity (Wildman–Crippen MR) is 123 cm³/mol. The fourth-order valence-corrected chi connectivity index (χ4v) is 4.55. The third-order valence-corrected chi connectivity index (χ3v) is 7.04. The number of methoxy groups -OCH3 is 1. The van der Waals surface area contributed by atoms with Gasteiger partial charge in [-0.05, 0) is 61.9 Å². The molecule has 1 heterocycles. The van der Waals surface area contributed by atoms with Crippen LogP contribution in [0.2, 0.25) is 0 Å². The molecule has 10 heteroatoms. The Morgan fingerprint density at radius 3 is 2.47 bits per heavy atom. The first-order valence-corrected chi connectivity index (χ1v) is 11.6. The Labute approximate surface area is 204 Å². The first-order chi connectivity index (χ1) is 17.1. The highest BCUT2D eigenvalue weighted by Crippen LogP contribution is 2.50. The summed E-state index contributed by atoms with van der Waals surface area (Å²) in [4.78, 5) is 25.7. The minimum absolute atomic E-state index is 0.0822. The molecule has 6 nitrogen and oxygen atoms in total. The maximum Gasteiger partial charge on any atom is 0.416 e. The van der Waals surface area contributed by atoms with Crippen LogP contribution in [-0.4, -0.2) is 28.8 Å². The summed E-state index contributed by atoms with van der Waals surface area (Å²) in [5.74, 6) is -2.23. The summed E-state index contributed by atoms with van der Waals surface area (Å²) in [5, 5.41) is 7.10. The van der Waals surface area contributed by atoms with E-state index in [1.807, 2.05) is 10.9 Å². The number of carbonyl (C=O) groups is 2. The van der Waals surface area contributed by atoms with E-state index in [2.05, 4.69) is 10.4 Å². The zero-order valence-corrected chi connectivity index (χ0v) is 19.4. The average Bonchev–Trinajstić information content (AvgIpc) is 3.48. The van der Waals surface area contributed by atoms with E-state index < -0.39 is 34.8 Å². The van der Waals surface area contributed by atoms with Gasteiger partial charge in [0.25, 0.3) is 0 Å². The van der Waals surface area contributed by atoms with E-state index in [4.69, 9.17) is 4.74 Å². The number of anilines is 1.